The molecule has 2 aromatic rings. The van der Waals surface area contributed by atoms with Gasteiger partial charge in [0.2, 0.25) is 11.1 Å². The van der Waals surface area contributed by atoms with Crippen LogP contribution in [0.4, 0.5) is 5.95 Å². The molecular formula is C12H18N6S. The van der Waals surface area contributed by atoms with E-state index in [1.165, 1.54) is 32.1 Å². The van der Waals surface area contributed by atoms with Gasteiger partial charge in [-0.15, -0.1) is 5.10 Å². The van der Waals surface area contributed by atoms with Crippen LogP contribution in [0.25, 0.3) is 0 Å². The fourth-order valence-electron chi connectivity index (χ4n) is 2.46. The number of hydrogen-bond donors (Lipinski definition) is 2. The van der Waals surface area contributed by atoms with E-state index >= 15 is 0 Å². The molecule has 7 heteroatoms. The van der Waals surface area contributed by atoms with Crippen molar-refractivity contribution in [1.82, 2.24) is 25.0 Å². The van der Waals surface area contributed by atoms with E-state index in [1.807, 2.05) is 0 Å². The van der Waals surface area contributed by atoms with Gasteiger partial charge in [0, 0.05) is 11.9 Å². The minimum absolute atomic E-state index is 0.357. The highest BCUT2D eigenvalue weighted by atomic mass is 32.2. The number of rotatable bonds is 4. The van der Waals surface area contributed by atoms with Crippen LogP contribution < -0.4 is 5.73 Å². The van der Waals surface area contributed by atoms with Crippen LogP contribution in [0, 0.1) is 0 Å². The molecule has 1 saturated carbocycles. The summed E-state index contributed by atoms with van der Waals surface area (Å²) in [5, 5.41) is 12.0. The molecule has 2 aromatic heterocycles. The molecule has 1 aliphatic rings. The largest absolute Gasteiger partial charge is 0.368 e. The van der Waals surface area contributed by atoms with E-state index in [0.29, 0.717) is 17.1 Å². The van der Waals surface area contributed by atoms with Gasteiger partial charge in [0.05, 0.1) is 11.7 Å². The maximum absolute atomic E-state index is 5.49. The number of nitrogens with one attached hydrogen (secondary N) is 1. The van der Waals surface area contributed by atoms with Gasteiger partial charge in [-0.05, 0) is 18.9 Å². The van der Waals surface area contributed by atoms with Crippen LogP contribution in [-0.2, 0) is 5.75 Å². The predicted octanol–water partition coefficient (Wildman–Crippen LogP) is 2.38. The van der Waals surface area contributed by atoms with Crippen molar-refractivity contribution in [3.05, 3.63) is 18.0 Å². The monoisotopic (exact) mass is 278 g/mol. The molecule has 2 heterocycles. The summed E-state index contributed by atoms with van der Waals surface area (Å²) in [6.45, 7) is 0. The molecule has 0 aliphatic heterocycles. The maximum Gasteiger partial charge on any atom is 0.216 e. The minimum atomic E-state index is 0.357. The Morgan fingerprint density at radius 1 is 1.37 bits per heavy atom. The highest BCUT2D eigenvalue weighted by Gasteiger charge is 2.16. The van der Waals surface area contributed by atoms with Gasteiger partial charge in [0.1, 0.15) is 0 Å². The first-order valence-electron chi connectivity index (χ1n) is 6.66. The van der Waals surface area contributed by atoms with Gasteiger partial charge in [0.25, 0.3) is 0 Å². The third-order valence-electron chi connectivity index (χ3n) is 3.44. The van der Waals surface area contributed by atoms with Gasteiger partial charge in [-0.2, -0.15) is 10.1 Å². The Labute approximate surface area is 116 Å². The highest BCUT2D eigenvalue weighted by Crippen LogP contribution is 2.28. The normalized spacial score (nSPS) is 16.8. The molecule has 102 valence electrons. The van der Waals surface area contributed by atoms with E-state index in [1.54, 1.807) is 11.8 Å². The summed E-state index contributed by atoms with van der Waals surface area (Å²) in [6.07, 6.45) is 8.62. The second kappa shape index (κ2) is 5.64. The molecule has 3 rings (SSSR count). The number of anilines is 1. The first-order chi connectivity index (χ1) is 9.31. The Morgan fingerprint density at radius 3 is 2.95 bits per heavy atom. The third kappa shape index (κ3) is 3.09. The molecule has 0 unspecified atom stereocenters. The van der Waals surface area contributed by atoms with Crippen LogP contribution in [0.3, 0.4) is 0 Å². The van der Waals surface area contributed by atoms with E-state index in [4.69, 9.17) is 5.73 Å². The minimum Gasteiger partial charge on any atom is -0.368 e. The summed E-state index contributed by atoms with van der Waals surface area (Å²) in [5.74, 6) is 1.13. The van der Waals surface area contributed by atoms with Crippen molar-refractivity contribution in [2.75, 3.05) is 5.73 Å². The molecule has 0 amide bonds. The van der Waals surface area contributed by atoms with E-state index in [-0.39, 0.29) is 0 Å². The van der Waals surface area contributed by atoms with Gasteiger partial charge in [-0.1, -0.05) is 31.0 Å². The number of aromatic nitrogens is 5. The number of aromatic amines is 1. The Morgan fingerprint density at radius 2 is 2.21 bits per heavy atom. The fraction of sp³-hybridized carbons (Fsp3) is 0.583. The zero-order chi connectivity index (χ0) is 13.1. The van der Waals surface area contributed by atoms with Gasteiger partial charge < -0.3 is 5.73 Å². The Bertz CT molecular complexity index is 528. The molecule has 0 bridgehead atoms. The summed E-state index contributed by atoms with van der Waals surface area (Å²) in [5.41, 5.74) is 6.56. The second-order valence-electron chi connectivity index (χ2n) is 4.87. The van der Waals surface area contributed by atoms with Crippen LogP contribution in [0.15, 0.2) is 17.4 Å². The quantitative estimate of drug-likeness (QED) is 0.839. The maximum atomic E-state index is 5.49. The number of hydrogen-bond acceptors (Lipinski definition) is 5. The zero-order valence-corrected chi connectivity index (χ0v) is 11.6. The SMILES string of the molecule is Nc1nc(SCc2ccn(C3CCCCC3)n2)n[nH]1. The smallest absolute Gasteiger partial charge is 0.216 e. The first kappa shape index (κ1) is 12.5. The number of nitrogen functional groups attached to an aromatic ring is 1. The summed E-state index contributed by atoms with van der Waals surface area (Å²) in [4.78, 5) is 4.06. The lowest BCUT2D eigenvalue weighted by Crippen LogP contribution is -2.13. The van der Waals surface area contributed by atoms with Crippen LogP contribution in [0.5, 0.6) is 0 Å². The van der Waals surface area contributed by atoms with E-state index < -0.39 is 0 Å². The van der Waals surface area contributed by atoms with Crippen molar-refractivity contribution in [2.24, 2.45) is 0 Å². The van der Waals surface area contributed by atoms with Crippen LogP contribution >= 0.6 is 11.8 Å². The molecule has 0 atom stereocenters. The van der Waals surface area contributed by atoms with Gasteiger partial charge in [-0.3, -0.25) is 4.68 Å². The lowest BCUT2D eigenvalue weighted by atomic mass is 9.96. The summed E-state index contributed by atoms with van der Waals surface area (Å²) in [6, 6.07) is 2.67. The average Bonchev–Trinajstić information content (AvgIpc) is 3.06. The molecule has 6 nitrogen and oxygen atoms in total. The fourth-order valence-corrected chi connectivity index (χ4v) is 3.17. The lowest BCUT2D eigenvalue weighted by molar-refractivity contribution is 0.328. The van der Waals surface area contributed by atoms with Crippen molar-refractivity contribution in [2.45, 2.75) is 49.1 Å². The Balaban J connectivity index is 1.58. The van der Waals surface area contributed by atoms with E-state index in [9.17, 15) is 0 Å². The number of nitrogens with zero attached hydrogens (tertiary/aromatic N) is 4. The Kier molecular flexibility index (Phi) is 3.72. The summed E-state index contributed by atoms with van der Waals surface area (Å²) >= 11 is 1.55. The number of thioether (sulfide) groups is 1. The van der Waals surface area contributed by atoms with E-state index in [0.717, 1.165) is 11.4 Å². The standard InChI is InChI=1S/C12H18N6S/c13-11-14-12(16-15-11)19-8-9-6-7-18(17-9)10-4-2-1-3-5-10/h6-7,10H,1-5,8H2,(H3,13,14,15,16). The Hall–Kier alpha value is -1.50. The van der Waals surface area contributed by atoms with Crippen molar-refractivity contribution >= 4 is 17.7 Å². The zero-order valence-electron chi connectivity index (χ0n) is 10.7. The van der Waals surface area contributed by atoms with Crippen molar-refractivity contribution < 1.29 is 0 Å². The molecule has 0 spiro atoms. The van der Waals surface area contributed by atoms with Crippen molar-refractivity contribution in [3.8, 4) is 0 Å². The molecule has 1 aliphatic carbocycles. The van der Waals surface area contributed by atoms with Crippen molar-refractivity contribution in [3.63, 3.8) is 0 Å². The lowest BCUT2D eigenvalue weighted by Gasteiger charge is -2.21. The van der Waals surface area contributed by atoms with Crippen LogP contribution in [0.2, 0.25) is 0 Å². The molecule has 3 N–H and O–H groups in total. The first-order valence-corrected chi connectivity index (χ1v) is 7.64. The molecule has 1 fully saturated rings. The number of H-pyrrole nitrogens is 1. The van der Waals surface area contributed by atoms with Crippen molar-refractivity contribution in [1.29, 1.82) is 0 Å². The van der Waals surface area contributed by atoms with Gasteiger partial charge >= 0.3 is 0 Å². The van der Waals surface area contributed by atoms with E-state index in [2.05, 4.69) is 37.2 Å². The average molecular weight is 278 g/mol. The number of nitrogens with two attached hydrogens (primary N) is 1. The third-order valence-corrected chi connectivity index (χ3v) is 4.32. The topological polar surface area (TPSA) is 85.4 Å². The molecule has 0 aromatic carbocycles. The summed E-state index contributed by atoms with van der Waals surface area (Å²) in [7, 11) is 0. The highest BCUT2D eigenvalue weighted by molar-refractivity contribution is 7.98. The molecular weight excluding hydrogens is 260 g/mol. The predicted molar refractivity (Wildman–Crippen MR) is 74.7 cm³/mol. The van der Waals surface area contributed by atoms with Gasteiger partial charge in [-0.25, -0.2) is 5.10 Å². The van der Waals surface area contributed by atoms with Crippen LogP contribution in [0.1, 0.15) is 43.8 Å². The molecule has 19 heavy (non-hydrogen) atoms. The molecule has 0 radical (unpaired) electrons. The van der Waals surface area contributed by atoms with Crippen LogP contribution in [-0.4, -0.2) is 25.0 Å². The van der Waals surface area contributed by atoms with Gasteiger partial charge in [0.15, 0.2) is 0 Å². The summed E-state index contributed by atoms with van der Waals surface area (Å²) < 4.78 is 2.13. The second-order valence-corrected chi connectivity index (χ2v) is 5.81. The molecule has 0 saturated heterocycles.